The fourth-order valence-corrected chi connectivity index (χ4v) is 2.54. The van der Waals surface area contributed by atoms with Gasteiger partial charge in [-0.2, -0.15) is 0 Å². The Bertz CT molecular complexity index is 789. The van der Waals surface area contributed by atoms with Crippen LogP contribution in [-0.4, -0.2) is 47.2 Å². The van der Waals surface area contributed by atoms with Crippen LogP contribution in [0.3, 0.4) is 0 Å². The van der Waals surface area contributed by atoms with Crippen molar-refractivity contribution >= 4 is 23.4 Å². The summed E-state index contributed by atoms with van der Waals surface area (Å²) in [5, 5.41) is 5.08. The van der Waals surface area contributed by atoms with Gasteiger partial charge >= 0.3 is 11.8 Å². The number of carbonyl (C=O) groups is 3. The summed E-state index contributed by atoms with van der Waals surface area (Å²) >= 11 is 0. The van der Waals surface area contributed by atoms with Gasteiger partial charge in [0.15, 0.2) is 0 Å². The highest BCUT2D eigenvalue weighted by Gasteiger charge is 2.16. The van der Waals surface area contributed by atoms with Gasteiger partial charge in [0.1, 0.15) is 0 Å². The van der Waals surface area contributed by atoms with E-state index < -0.39 is 11.8 Å². The molecule has 0 saturated carbocycles. The summed E-state index contributed by atoms with van der Waals surface area (Å²) in [4.78, 5) is 42.2. The summed E-state index contributed by atoms with van der Waals surface area (Å²) in [6.45, 7) is 5.32. The third-order valence-electron chi connectivity index (χ3n) is 4.02. The van der Waals surface area contributed by atoms with Crippen LogP contribution in [0.1, 0.15) is 29.9 Å². The number of hydrogen-bond acceptors (Lipinski definition) is 4. The first-order valence-corrected chi connectivity index (χ1v) is 8.93. The lowest BCUT2D eigenvalue weighted by Crippen LogP contribution is -2.36. The molecule has 27 heavy (non-hydrogen) atoms. The third-order valence-corrected chi connectivity index (χ3v) is 4.02. The first-order valence-electron chi connectivity index (χ1n) is 8.93. The molecule has 3 amide bonds. The maximum Gasteiger partial charge on any atom is 0.313 e. The van der Waals surface area contributed by atoms with Crippen molar-refractivity contribution in [1.82, 2.24) is 15.2 Å². The Kier molecular flexibility index (Phi) is 7.49. The molecule has 1 heterocycles. The molecular weight excluding hydrogens is 344 g/mol. The second-order valence-corrected chi connectivity index (χ2v) is 5.84. The number of aromatic nitrogens is 1. The SMILES string of the molecule is CCN(CC)C(=O)c1cccc(NC(=O)C(=O)NCCc2ccccn2)c1. The molecule has 2 rings (SSSR count). The molecule has 0 saturated heterocycles. The molecule has 1 aromatic heterocycles. The van der Waals surface area contributed by atoms with Gasteiger partial charge in [0.05, 0.1) is 0 Å². The van der Waals surface area contributed by atoms with Crippen LogP contribution in [0.15, 0.2) is 48.7 Å². The Morgan fingerprint density at radius 2 is 1.78 bits per heavy atom. The van der Waals surface area contributed by atoms with E-state index in [1.54, 1.807) is 35.4 Å². The van der Waals surface area contributed by atoms with E-state index in [-0.39, 0.29) is 5.91 Å². The second kappa shape index (κ2) is 10.1. The number of anilines is 1. The summed E-state index contributed by atoms with van der Waals surface area (Å²) in [7, 11) is 0. The van der Waals surface area contributed by atoms with E-state index in [1.807, 2.05) is 32.0 Å². The minimum absolute atomic E-state index is 0.115. The average Bonchev–Trinajstić information content (AvgIpc) is 2.69. The van der Waals surface area contributed by atoms with Crippen LogP contribution < -0.4 is 10.6 Å². The summed E-state index contributed by atoms with van der Waals surface area (Å²) in [6.07, 6.45) is 2.21. The maximum absolute atomic E-state index is 12.4. The normalized spacial score (nSPS) is 10.1. The van der Waals surface area contributed by atoms with E-state index in [0.717, 1.165) is 5.69 Å². The monoisotopic (exact) mass is 368 g/mol. The molecular formula is C20H24N4O3. The van der Waals surface area contributed by atoms with Crippen LogP contribution in [0.25, 0.3) is 0 Å². The number of benzene rings is 1. The van der Waals surface area contributed by atoms with Gasteiger partial charge in [-0.05, 0) is 44.2 Å². The lowest BCUT2D eigenvalue weighted by atomic mass is 10.1. The summed E-state index contributed by atoms with van der Waals surface area (Å²) in [6, 6.07) is 12.1. The molecule has 0 aliphatic heterocycles. The zero-order chi connectivity index (χ0) is 19.6. The Balaban J connectivity index is 1.90. The van der Waals surface area contributed by atoms with Crippen LogP contribution in [0, 0.1) is 0 Å². The number of nitrogens with one attached hydrogen (secondary N) is 2. The van der Waals surface area contributed by atoms with Crippen LogP contribution in [-0.2, 0) is 16.0 Å². The molecule has 0 bridgehead atoms. The van der Waals surface area contributed by atoms with Crippen molar-refractivity contribution in [2.24, 2.45) is 0 Å². The van der Waals surface area contributed by atoms with Gasteiger partial charge < -0.3 is 15.5 Å². The van der Waals surface area contributed by atoms with Crippen molar-refractivity contribution in [3.63, 3.8) is 0 Å². The Labute approximate surface area is 158 Å². The van der Waals surface area contributed by atoms with Crippen LogP contribution >= 0.6 is 0 Å². The fourth-order valence-electron chi connectivity index (χ4n) is 2.54. The molecule has 0 unspecified atom stereocenters. The van der Waals surface area contributed by atoms with Crippen LogP contribution in [0.4, 0.5) is 5.69 Å². The number of pyridine rings is 1. The Morgan fingerprint density at radius 1 is 1.00 bits per heavy atom. The van der Waals surface area contributed by atoms with E-state index in [1.165, 1.54) is 0 Å². The number of carbonyl (C=O) groups excluding carboxylic acids is 3. The van der Waals surface area contributed by atoms with E-state index >= 15 is 0 Å². The molecule has 0 aliphatic rings. The van der Waals surface area contributed by atoms with Crippen LogP contribution in [0.5, 0.6) is 0 Å². The molecule has 0 aliphatic carbocycles. The Morgan fingerprint density at radius 3 is 2.44 bits per heavy atom. The molecule has 2 aromatic rings. The molecule has 0 radical (unpaired) electrons. The third kappa shape index (κ3) is 5.91. The van der Waals surface area contributed by atoms with Crippen molar-refractivity contribution in [3.05, 3.63) is 59.9 Å². The molecule has 0 atom stereocenters. The second-order valence-electron chi connectivity index (χ2n) is 5.84. The van der Waals surface area contributed by atoms with E-state index in [2.05, 4.69) is 15.6 Å². The van der Waals surface area contributed by atoms with E-state index in [9.17, 15) is 14.4 Å². The highest BCUT2D eigenvalue weighted by Crippen LogP contribution is 2.13. The molecule has 142 valence electrons. The van der Waals surface area contributed by atoms with E-state index in [0.29, 0.717) is 37.3 Å². The highest BCUT2D eigenvalue weighted by molar-refractivity contribution is 6.39. The molecule has 1 aromatic carbocycles. The van der Waals surface area contributed by atoms with Gasteiger partial charge in [0, 0.05) is 49.2 Å². The average molecular weight is 368 g/mol. The van der Waals surface area contributed by atoms with Gasteiger partial charge in [-0.1, -0.05) is 12.1 Å². The largest absolute Gasteiger partial charge is 0.347 e. The minimum atomic E-state index is -0.775. The molecule has 0 spiro atoms. The smallest absolute Gasteiger partial charge is 0.313 e. The fraction of sp³-hybridized carbons (Fsp3) is 0.300. The summed E-state index contributed by atoms with van der Waals surface area (Å²) < 4.78 is 0. The zero-order valence-corrected chi connectivity index (χ0v) is 15.6. The maximum atomic E-state index is 12.4. The first-order chi connectivity index (χ1) is 13.0. The van der Waals surface area contributed by atoms with Crippen molar-refractivity contribution < 1.29 is 14.4 Å². The molecule has 0 fully saturated rings. The van der Waals surface area contributed by atoms with Gasteiger partial charge in [-0.15, -0.1) is 0 Å². The number of hydrogen-bond donors (Lipinski definition) is 2. The predicted molar refractivity (Wildman–Crippen MR) is 103 cm³/mol. The lowest BCUT2D eigenvalue weighted by molar-refractivity contribution is -0.136. The zero-order valence-electron chi connectivity index (χ0n) is 15.6. The van der Waals surface area contributed by atoms with Crippen molar-refractivity contribution in [1.29, 1.82) is 0 Å². The quantitative estimate of drug-likeness (QED) is 0.730. The highest BCUT2D eigenvalue weighted by atomic mass is 16.2. The van der Waals surface area contributed by atoms with Crippen molar-refractivity contribution in [3.8, 4) is 0 Å². The first kappa shape index (κ1) is 20.1. The number of rotatable bonds is 7. The van der Waals surface area contributed by atoms with Gasteiger partial charge in [-0.25, -0.2) is 0 Å². The van der Waals surface area contributed by atoms with Gasteiger partial charge in [0.2, 0.25) is 0 Å². The van der Waals surface area contributed by atoms with Gasteiger partial charge in [-0.3, -0.25) is 19.4 Å². The lowest BCUT2D eigenvalue weighted by Gasteiger charge is -2.19. The van der Waals surface area contributed by atoms with Crippen molar-refractivity contribution in [2.75, 3.05) is 25.0 Å². The minimum Gasteiger partial charge on any atom is -0.347 e. The molecule has 7 nitrogen and oxygen atoms in total. The van der Waals surface area contributed by atoms with Gasteiger partial charge in [0.25, 0.3) is 5.91 Å². The summed E-state index contributed by atoms with van der Waals surface area (Å²) in [5.41, 5.74) is 1.70. The summed E-state index contributed by atoms with van der Waals surface area (Å²) in [5.74, 6) is -1.62. The predicted octanol–water partition coefficient (Wildman–Crippen LogP) is 1.86. The number of nitrogens with zero attached hydrogens (tertiary/aromatic N) is 2. The van der Waals surface area contributed by atoms with E-state index in [4.69, 9.17) is 0 Å². The molecule has 7 heteroatoms. The topological polar surface area (TPSA) is 91.4 Å². The standard InChI is InChI=1S/C20H24N4O3/c1-3-24(4-2)20(27)15-8-7-10-17(14-15)23-19(26)18(25)22-13-11-16-9-5-6-12-21-16/h5-10,12,14H,3-4,11,13H2,1-2H3,(H,22,25)(H,23,26). The van der Waals surface area contributed by atoms with Crippen molar-refractivity contribution in [2.45, 2.75) is 20.3 Å². The number of amides is 3. The Hall–Kier alpha value is -3.22. The molecule has 2 N–H and O–H groups in total. The van der Waals surface area contributed by atoms with Crippen LogP contribution in [0.2, 0.25) is 0 Å².